The molecule has 0 bridgehead atoms. The monoisotopic (exact) mass is 387 g/mol. The van der Waals surface area contributed by atoms with Crippen molar-refractivity contribution in [2.45, 2.75) is 57.6 Å². The zero-order valence-corrected chi connectivity index (χ0v) is 14.7. The van der Waals surface area contributed by atoms with Crippen LogP contribution in [0.25, 0.3) is 0 Å². The number of nitrogens with two attached hydrogens (primary N) is 1. The molecule has 0 radical (unpaired) electrons. The summed E-state index contributed by atoms with van der Waals surface area (Å²) in [6.45, 7) is 5.16. The number of benzene rings is 1. The van der Waals surface area contributed by atoms with Crippen molar-refractivity contribution < 1.29 is 4.74 Å². The maximum Gasteiger partial charge on any atom is 0.0838 e. The van der Waals surface area contributed by atoms with Gasteiger partial charge in [-0.25, -0.2) is 0 Å². The maximum absolute atomic E-state index is 6.57. The lowest BCUT2D eigenvalue weighted by Crippen LogP contribution is -2.53. The van der Waals surface area contributed by atoms with Crippen molar-refractivity contribution in [1.29, 1.82) is 0 Å². The number of rotatable bonds is 5. The van der Waals surface area contributed by atoms with Crippen LogP contribution in [0.1, 0.15) is 45.1 Å². The van der Waals surface area contributed by atoms with Crippen molar-refractivity contribution in [3.8, 4) is 0 Å². The molecule has 2 rings (SSSR count). The van der Waals surface area contributed by atoms with E-state index >= 15 is 0 Å². The van der Waals surface area contributed by atoms with E-state index in [0.29, 0.717) is 0 Å². The summed E-state index contributed by atoms with van der Waals surface area (Å²) in [5.41, 5.74) is 7.77. The Labute approximate surface area is 136 Å². The summed E-state index contributed by atoms with van der Waals surface area (Å²) in [6, 6.07) is 8.77. The minimum Gasteiger partial charge on any atom is -0.374 e. The molecule has 1 aromatic carbocycles. The predicted octanol–water partition coefficient (Wildman–Crippen LogP) is 4.15. The summed E-state index contributed by atoms with van der Waals surface area (Å²) in [4.78, 5) is 0. The van der Waals surface area contributed by atoms with Gasteiger partial charge in [0.25, 0.3) is 0 Å². The highest BCUT2D eigenvalue weighted by Gasteiger charge is 2.40. The molecular formula is C17H26INO. The van der Waals surface area contributed by atoms with Gasteiger partial charge >= 0.3 is 0 Å². The molecule has 1 saturated carbocycles. The largest absolute Gasteiger partial charge is 0.374 e. The first-order chi connectivity index (χ1) is 9.55. The quantitative estimate of drug-likeness (QED) is 0.771. The number of ether oxygens (including phenoxy) is 1. The lowest BCUT2D eigenvalue weighted by atomic mass is 9.73. The molecule has 0 heterocycles. The fourth-order valence-electron chi connectivity index (χ4n) is 3.47. The summed E-state index contributed by atoms with van der Waals surface area (Å²) in [7, 11) is 0. The van der Waals surface area contributed by atoms with Crippen LogP contribution in [0.15, 0.2) is 24.3 Å². The Balaban J connectivity index is 2.10. The molecule has 0 amide bonds. The van der Waals surface area contributed by atoms with Crippen LogP contribution < -0.4 is 5.73 Å². The zero-order chi connectivity index (χ0) is 14.6. The molecule has 3 unspecified atom stereocenters. The number of hydrogen-bond donors (Lipinski definition) is 1. The molecule has 3 heteroatoms. The average Bonchev–Trinajstić information content (AvgIpc) is 2.41. The van der Waals surface area contributed by atoms with Crippen LogP contribution in [0.2, 0.25) is 0 Å². The topological polar surface area (TPSA) is 35.2 Å². The molecule has 1 aliphatic carbocycles. The van der Waals surface area contributed by atoms with Crippen LogP contribution >= 0.6 is 22.6 Å². The van der Waals surface area contributed by atoms with Crippen molar-refractivity contribution in [2.24, 2.45) is 11.7 Å². The van der Waals surface area contributed by atoms with Crippen LogP contribution in [-0.2, 0) is 11.2 Å². The molecule has 2 N–H and O–H groups in total. The van der Waals surface area contributed by atoms with Gasteiger partial charge in [-0.3, -0.25) is 0 Å². The summed E-state index contributed by atoms with van der Waals surface area (Å²) in [5.74, 6) is 0.720. The van der Waals surface area contributed by atoms with Crippen molar-refractivity contribution in [1.82, 2.24) is 0 Å². The van der Waals surface area contributed by atoms with Crippen LogP contribution in [0.4, 0.5) is 0 Å². The molecule has 3 atom stereocenters. The molecule has 112 valence electrons. The van der Waals surface area contributed by atoms with E-state index < -0.39 is 0 Å². The Hall–Kier alpha value is -0.130. The van der Waals surface area contributed by atoms with Gasteiger partial charge in [0, 0.05) is 16.2 Å². The van der Waals surface area contributed by atoms with Gasteiger partial charge in [0.15, 0.2) is 0 Å². The van der Waals surface area contributed by atoms with Crippen molar-refractivity contribution >= 4 is 22.6 Å². The molecule has 1 aliphatic rings. The first-order valence-corrected chi connectivity index (χ1v) is 8.77. The molecule has 1 fully saturated rings. The van der Waals surface area contributed by atoms with Gasteiger partial charge in [-0.15, -0.1) is 0 Å². The van der Waals surface area contributed by atoms with E-state index in [9.17, 15) is 0 Å². The number of hydrogen-bond acceptors (Lipinski definition) is 2. The van der Waals surface area contributed by atoms with E-state index in [4.69, 9.17) is 10.5 Å². The first-order valence-electron chi connectivity index (χ1n) is 7.70. The second kappa shape index (κ2) is 7.23. The molecular weight excluding hydrogens is 361 g/mol. The third-order valence-corrected chi connectivity index (χ3v) is 5.19. The third kappa shape index (κ3) is 3.95. The lowest BCUT2D eigenvalue weighted by Gasteiger charge is -2.44. The normalized spacial score (nSPS) is 28.3. The van der Waals surface area contributed by atoms with E-state index in [0.717, 1.165) is 31.8 Å². The summed E-state index contributed by atoms with van der Waals surface area (Å²) in [6.07, 6.45) is 5.67. The van der Waals surface area contributed by atoms with E-state index in [1.165, 1.54) is 22.0 Å². The molecule has 0 saturated heterocycles. The molecule has 1 aromatic rings. The Morgan fingerprint density at radius 2 is 2.10 bits per heavy atom. The zero-order valence-electron chi connectivity index (χ0n) is 12.6. The van der Waals surface area contributed by atoms with Crippen LogP contribution in [0, 0.1) is 9.49 Å². The Bertz CT molecular complexity index is 416. The molecule has 0 aliphatic heterocycles. The highest BCUT2D eigenvalue weighted by molar-refractivity contribution is 14.1. The molecule has 0 aromatic heterocycles. The molecule has 2 nitrogen and oxygen atoms in total. The van der Waals surface area contributed by atoms with Gasteiger partial charge < -0.3 is 10.5 Å². The smallest absolute Gasteiger partial charge is 0.0838 e. The van der Waals surface area contributed by atoms with E-state index in [-0.39, 0.29) is 11.6 Å². The standard InChI is InChI=1S/C17H26INO/c1-3-20-17(10-4-5-13(2)12-17)16(19)11-14-6-8-15(18)9-7-14/h6-9,13,16H,3-5,10-12,19H2,1-2H3. The highest BCUT2D eigenvalue weighted by atomic mass is 127. The van der Waals surface area contributed by atoms with Crippen LogP contribution in [-0.4, -0.2) is 18.2 Å². The number of halogens is 1. The van der Waals surface area contributed by atoms with Gasteiger partial charge in [-0.05, 0) is 72.4 Å². The van der Waals surface area contributed by atoms with Crippen LogP contribution in [0.5, 0.6) is 0 Å². The van der Waals surface area contributed by atoms with Crippen molar-refractivity contribution in [2.75, 3.05) is 6.61 Å². The van der Waals surface area contributed by atoms with E-state index in [1.807, 2.05) is 0 Å². The Kier molecular flexibility index (Phi) is 5.87. The van der Waals surface area contributed by atoms with Gasteiger partial charge in [0.2, 0.25) is 0 Å². The second-order valence-corrected chi connectivity index (χ2v) is 7.38. The summed E-state index contributed by atoms with van der Waals surface area (Å²) >= 11 is 2.34. The van der Waals surface area contributed by atoms with E-state index in [2.05, 4.69) is 60.7 Å². The Morgan fingerprint density at radius 3 is 2.70 bits per heavy atom. The van der Waals surface area contributed by atoms with Crippen molar-refractivity contribution in [3.05, 3.63) is 33.4 Å². The summed E-state index contributed by atoms with van der Waals surface area (Å²) in [5, 5.41) is 0. The minimum atomic E-state index is -0.116. The SMILES string of the molecule is CCOC1(C(N)Cc2ccc(I)cc2)CCCC(C)C1. The fourth-order valence-corrected chi connectivity index (χ4v) is 3.83. The molecule has 20 heavy (non-hydrogen) atoms. The predicted molar refractivity (Wildman–Crippen MR) is 92.8 cm³/mol. The van der Waals surface area contributed by atoms with Crippen LogP contribution in [0.3, 0.4) is 0 Å². The van der Waals surface area contributed by atoms with Gasteiger partial charge in [-0.2, -0.15) is 0 Å². The van der Waals surface area contributed by atoms with Gasteiger partial charge in [0.05, 0.1) is 5.60 Å². The van der Waals surface area contributed by atoms with Gasteiger partial charge in [-0.1, -0.05) is 31.9 Å². The van der Waals surface area contributed by atoms with E-state index in [1.54, 1.807) is 0 Å². The first kappa shape index (κ1) is 16.2. The lowest BCUT2D eigenvalue weighted by molar-refractivity contribution is -0.0925. The summed E-state index contributed by atoms with van der Waals surface area (Å²) < 4.78 is 7.44. The average molecular weight is 387 g/mol. The second-order valence-electron chi connectivity index (χ2n) is 6.14. The maximum atomic E-state index is 6.57. The fraction of sp³-hybridized carbons (Fsp3) is 0.647. The Morgan fingerprint density at radius 1 is 1.40 bits per heavy atom. The highest BCUT2D eigenvalue weighted by Crippen LogP contribution is 2.38. The third-order valence-electron chi connectivity index (χ3n) is 4.47. The minimum absolute atomic E-state index is 0.0882. The van der Waals surface area contributed by atoms with Gasteiger partial charge in [0.1, 0.15) is 0 Å². The molecule has 0 spiro atoms. The van der Waals surface area contributed by atoms with Crippen molar-refractivity contribution in [3.63, 3.8) is 0 Å².